The van der Waals surface area contributed by atoms with Crippen LogP contribution in [0.3, 0.4) is 0 Å². The molecule has 170 valence electrons. The van der Waals surface area contributed by atoms with Crippen LogP contribution < -0.4 is 10.6 Å². The van der Waals surface area contributed by atoms with Gasteiger partial charge in [-0.2, -0.15) is 13.2 Å². The Morgan fingerprint density at radius 1 is 1.00 bits per heavy atom. The highest BCUT2D eigenvalue weighted by molar-refractivity contribution is 6.11. The number of carbonyl (C=O) groups is 2. The summed E-state index contributed by atoms with van der Waals surface area (Å²) in [5.74, 6) is -1.54. The van der Waals surface area contributed by atoms with Gasteiger partial charge in [0.05, 0.1) is 30.0 Å². The van der Waals surface area contributed by atoms with E-state index in [9.17, 15) is 22.8 Å². The SMILES string of the molecule is NC(=O)c1ccc(C(=O)C=C(c2cnc3ccccc3c2N2CCOCC2)C(F)(F)F)cc1. The maximum Gasteiger partial charge on any atom is 0.417 e. The molecule has 0 saturated carbocycles. The van der Waals surface area contributed by atoms with Crippen molar-refractivity contribution in [1.82, 2.24) is 4.98 Å². The molecule has 0 aliphatic carbocycles. The maximum atomic E-state index is 14.2. The molecular weight excluding hydrogens is 435 g/mol. The Morgan fingerprint density at radius 2 is 1.64 bits per heavy atom. The smallest absolute Gasteiger partial charge is 0.378 e. The molecule has 1 aromatic heterocycles. The first-order valence-electron chi connectivity index (χ1n) is 10.2. The molecule has 9 heteroatoms. The highest BCUT2D eigenvalue weighted by Crippen LogP contribution is 2.41. The molecule has 6 nitrogen and oxygen atoms in total. The number of nitrogens with two attached hydrogens (primary N) is 1. The molecule has 0 atom stereocenters. The first kappa shape index (κ1) is 22.5. The standard InChI is InChI=1S/C24H20F3N3O3/c25-24(26,27)19(13-21(31)15-5-7-16(8-6-15)23(28)32)18-14-29-20-4-2-1-3-17(20)22(18)30-9-11-33-12-10-30/h1-8,13-14H,9-12H2,(H2,28,32). The van der Waals surface area contributed by atoms with Crippen molar-refractivity contribution in [1.29, 1.82) is 0 Å². The van der Waals surface area contributed by atoms with E-state index in [1.54, 1.807) is 24.3 Å². The number of primary amides is 1. The van der Waals surface area contributed by atoms with Crippen LogP contribution in [0.5, 0.6) is 0 Å². The molecule has 1 amide bonds. The number of allylic oxidation sites excluding steroid dienone is 2. The summed E-state index contributed by atoms with van der Waals surface area (Å²) < 4.78 is 48.1. The number of para-hydroxylation sites is 1. The van der Waals surface area contributed by atoms with E-state index < -0.39 is 23.4 Å². The molecule has 3 aromatic rings. The summed E-state index contributed by atoms with van der Waals surface area (Å²) in [7, 11) is 0. The van der Waals surface area contributed by atoms with Crippen molar-refractivity contribution in [2.75, 3.05) is 31.2 Å². The summed E-state index contributed by atoms with van der Waals surface area (Å²) in [5, 5.41) is 0.560. The zero-order valence-electron chi connectivity index (χ0n) is 17.4. The third kappa shape index (κ3) is 4.73. The van der Waals surface area contributed by atoms with Crippen molar-refractivity contribution >= 4 is 33.9 Å². The summed E-state index contributed by atoms with van der Waals surface area (Å²) in [6.45, 7) is 1.59. The Morgan fingerprint density at radius 3 is 2.27 bits per heavy atom. The number of carbonyl (C=O) groups excluding carboxylic acids is 2. The number of hydrogen-bond donors (Lipinski definition) is 1. The Balaban J connectivity index is 1.86. The van der Waals surface area contributed by atoms with Crippen LogP contribution in [0, 0.1) is 0 Å². The van der Waals surface area contributed by atoms with E-state index in [4.69, 9.17) is 10.5 Å². The fourth-order valence-electron chi connectivity index (χ4n) is 3.78. The Labute approximate surface area is 187 Å². The van der Waals surface area contributed by atoms with E-state index in [0.29, 0.717) is 49.0 Å². The second-order valence-corrected chi connectivity index (χ2v) is 7.50. The zero-order chi connectivity index (χ0) is 23.6. The lowest BCUT2D eigenvalue weighted by Gasteiger charge is -2.32. The van der Waals surface area contributed by atoms with Gasteiger partial charge >= 0.3 is 6.18 Å². The fraction of sp³-hybridized carbons (Fsp3) is 0.208. The van der Waals surface area contributed by atoms with Gasteiger partial charge in [-0.3, -0.25) is 14.6 Å². The lowest BCUT2D eigenvalue weighted by atomic mass is 9.97. The predicted molar refractivity (Wildman–Crippen MR) is 118 cm³/mol. The largest absolute Gasteiger partial charge is 0.417 e. The predicted octanol–water partition coefficient (Wildman–Crippen LogP) is 4.00. The highest BCUT2D eigenvalue weighted by atomic mass is 19.4. The van der Waals surface area contributed by atoms with Crippen molar-refractivity contribution in [3.05, 3.63) is 77.5 Å². The summed E-state index contributed by atoms with van der Waals surface area (Å²) >= 11 is 0. The van der Waals surface area contributed by atoms with Gasteiger partial charge in [0.2, 0.25) is 5.91 Å². The molecule has 33 heavy (non-hydrogen) atoms. The summed E-state index contributed by atoms with van der Waals surface area (Å²) in [4.78, 5) is 30.0. The molecule has 0 bridgehead atoms. The molecule has 1 saturated heterocycles. The first-order valence-corrected chi connectivity index (χ1v) is 10.2. The number of nitrogens with zero attached hydrogens (tertiary/aromatic N) is 2. The van der Waals surface area contributed by atoms with Gasteiger partial charge in [0.1, 0.15) is 0 Å². The van der Waals surface area contributed by atoms with Crippen molar-refractivity contribution in [2.45, 2.75) is 6.18 Å². The Bertz CT molecular complexity index is 1230. The van der Waals surface area contributed by atoms with Gasteiger partial charge in [0, 0.05) is 41.4 Å². The number of fused-ring (bicyclic) bond motifs is 1. The Kier molecular flexibility index (Phi) is 6.15. The normalized spacial score (nSPS) is 15.0. The number of hydrogen-bond acceptors (Lipinski definition) is 5. The molecule has 2 heterocycles. The molecule has 4 rings (SSSR count). The second kappa shape index (κ2) is 9.03. The molecule has 1 aliphatic heterocycles. The quantitative estimate of drug-likeness (QED) is 0.464. The van der Waals surface area contributed by atoms with Crippen LogP contribution in [0.25, 0.3) is 16.5 Å². The van der Waals surface area contributed by atoms with Crippen LogP contribution in [0.4, 0.5) is 18.9 Å². The molecule has 2 aromatic carbocycles. The minimum absolute atomic E-state index is 0.00317. The van der Waals surface area contributed by atoms with E-state index in [2.05, 4.69) is 4.98 Å². The number of benzene rings is 2. The topological polar surface area (TPSA) is 85.5 Å². The first-order chi connectivity index (χ1) is 15.8. The molecule has 0 unspecified atom stereocenters. The molecule has 1 aliphatic rings. The number of ether oxygens (including phenoxy) is 1. The number of anilines is 1. The van der Waals surface area contributed by atoms with Crippen LogP contribution in [-0.4, -0.2) is 49.2 Å². The fourth-order valence-corrected chi connectivity index (χ4v) is 3.78. The zero-order valence-corrected chi connectivity index (χ0v) is 17.4. The van der Waals surface area contributed by atoms with Crippen LogP contribution >= 0.6 is 0 Å². The van der Waals surface area contributed by atoms with Gasteiger partial charge in [0.15, 0.2) is 5.78 Å². The van der Waals surface area contributed by atoms with E-state index in [1.807, 2.05) is 4.90 Å². The van der Waals surface area contributed by atoms with Gasteiger partial charge in [-0.05, 0) is 24.3 Å². The number of pyridine rings is 1. The van der Waals surface area contributed by atoms with Crippen LogP contribution in [0.15, 0.2) is 60.8 Å². The van der Waals surface area contributed by atoms with Gasteiger partial charge in [-0.1, -0.05) is 30.3 Å². The molecular formula is C24H20F3N3O3. The van der Waals surface area contributed by atoms with Crippen molar-refractivity contribution < 1.29 is 27.5 Å². The number of halogens is 3. The van der Waals surface area contributed by atoms with Crippen LogP contribution in [0.1, 0.15) is 26.3 Å². The number of alkyl halides is 3. The lowest BCUT2D eigenvalue weighted by Crippen LogP contribution is -2.37. The van der Waals surface area contributed by atoms with Crippen LogP contribution in [0.2, 0.25) is 0 Å². The van der Waals surface area contributed by atoms with Gasteiger partial charge < -0.3 is 15.4 Å². The van der Waals surface area contributed by atoms with Crippen molar-refractivity contribution in [3.8, 4) is 0 Å². The molecule has 1 fully saturated rings. The van der Waals surface area contributed by atoms with Crippen molar-refractivity contribution in [3.63, 3.8) is 0 Å². The number of aromatic nitrogens is 1. The van der Waals surface area contributed by atoms with E-state index in [1.165, 1.54) is 24.3 Å². The third-order valence-corrected chi connectivity index (χ3v) is 5.40. The minimum Gasteiger partial charge on any atom is -0.378 e. The minimum atomic E-state index is -4.81. The van der Waals surface area contributed by atoms with Crippen molar-refractivity contribution in [2.24, 2.45) is 5.73 Å². The summed E-state index contributed by atoms with van der Waals surface area (Å²) in [6.07, 6.45) is -3.07. The van der Waals surface area contributed by atoms with E-state index >= 15 is 0 Å². The average Bonchev–Trinajstić information content (AvgIpc) is 2.81. The average molecular weight is 455 g/mol. The highest BCUT2D eigenvalue weighted by Gasteiger charge is 2.38. The molecule has 0 radical (unpaired) electrons. The Hall–Kier alpha value is -3.72. The number of morpholine rings is 1. The monoisotopic (exact) mass is 455 g/mol. The van der Waals surface area contributed by atoms with E-state index in [-0.39, 0.29) is 16.7 Å². The number of ketones is 1. The third-order valence-electron chi connectivity index (χ3n) is 5.40. The molecule has 0 spiro atoms. The lowest BCUT2D eigenvalue weighted by molar-refractivity contribution is -0.0689. The van der Waals surface area contributed by atoms with Crippen LogP contribution in [-0.2, 0) is 4.74 Å². The second-order valence-electron chi connectivity index (χ2n) is 7.50. The van der Waals surface area contributed by atoms with E-state index in [0.717, 1.165) is 6.20 Å². The number of rotatable bonds is 5. The van der Waals surface area contributed by atoms with Gasteiger partial charge in [-0.25, -0.2) is 0 Å². The van der Waals surface area contributed by atoms with Gasteiger partial charge in [-0.15, -0.1) is 0 Å². The number of amides is 1. The summed E-state index contributed by atoms with van der Waals surface area (Å²) in [6, 6.07) is 12.1. The molecule has 2 N–H and O–H groups in total. The summed E-state index contributed by atoms with van der Waals surface area (Å²) in [5.41, 5.74) is 4.99. The van der Waals surface area contributed by atoms with Gasteiger partial charge in [0.25, 0.3) is 0 Å². The maximum absolute atomic E-state index is 14.2.